The number of hydrogen-bond acceptors (Lipinski definition) is 4. The molecule has 22 heavy (non-hydrogen) atoms. The lowest BCUT2D eigenvalue weighted by atomic mass is 10.2. The molecule has 0 spiro atoms. The van der Waals surface area contributed by atoms with Crippen molar-refractivity contribution < 1.29 is 19.0 Å². The van der Waals surface area contributed by atoms with E-state index in [1.54, 1.807) is 62.8 Å². The summed E-state index contributed by atoms with van der Waals surface area (Å²) >= 11 is 0. The van der Waals surface area contributed by atoms with Gasteiger partial charge in [-0.1, -0.05) is 0 Å². The molecule has 0 aliphatic heterocycles. The first kappa shape index (κ1) is 15.9. The molecule has 5 heteroatoms. The Bertz CT molecular complexity index is 593. The van der Waals surface area contributed by atoms with Gasteiger partial charge in [0.15, 0.2) is 0 Å². The Morgan fingerprint density at radius 3 is 2.14 bits per heavy atom. The third kappa shape index (κ3) is 4.49. The largest absolute Gasteiger partial charge is 0.497 e. The monoisotopic (exact) mass is 301 g/mol. The lowest BCUT2D eigenvalue weighted by molar-refractivity contribution is 0.102. The van der Waals surface area contributed by atoms with E-state index in [0.29, 0.717) is 30.2 Å². The van der Waals surface area contributed by atoms with Crippen molar-refractivity contribution in [3.8, 4) is 11.5 Å². The Labute approximate surface area is 129 Å². The summed E-state index contributed by atoms with van der Waals surface area (Å²) in [6.45, 7) is 1.03. The van der Waals surface area contributed by atoms with Crippen LogP contribution < -0.4 is 14.8 Å². The quantitative estimate of drug-likeness (QED) is 0.799. The second-order valence-electron chi connectivity index (χ2n) is 4.55. The van der Waals surface area contributed by atoms with Crippen LogP contribution in [0.4, 0.5) is 5.69 Å². The van der Waals surface area contributed by atoms with Crippen molar-refractivity contribution >= 4 is 11.6 Å². The summed E-state index contributed by atoms with van der Waals surface area (Å²) in [6, 6.07) is 14.1. The highest BCUT2D eigenvalue weighted by Gasteiger charge is 2.06. The predicted molar refractivity (Wildman–Crippen MR) is 84.8 cm³/mol. The van der Waals surface area contributed by atoms with E-state index in [1.165, 1.54) is 0 Å². The van der Waals surface area contributed by atoms with E-state index in [-0.39, 0.29) is 5.91 Å². The summed E-state index contributed by atoms with van der Waals surface area (Å²) in [4.78, 5) is 12.1. The lowest BCUT2D eigenvalue weighted by Crippen LogP contribution is -2.11. The number of amides is 1. The highest BCUT2D eigenvalue weighted by Crippen LogP contribution is 2.17. The second-order valence-corrected chi connectivity index (χ2v) is 4.55. The molecule has 0 radical (unpaired) electrons. The molecule has 0 aliphatic rings. The molecule has 0 fully saturated rings. The average Bonchev–Trinajstić information content (AvgIpc) is 2.57. The standard InChI is InChI=1S/C17H19NO4/c1-20-11-12-22-16-9-5-14(6-10-16)18-17(19)13-3-7-15(21-2)8-4-13/h3-10H,11-12H2,1-2H3,(H,18,19). The molecular weight excluding hydrogens is 282 g/mol. The summed E-state index contributed by atoms with van der Waals surface area (Å²) in [5, 5.41) is 2.83. The van der Waals surface area contributed by atoms with Crippen LogP contribution in [0.25, 0.3) is 0 Å². The minimum atomic E-state index is -0.171. The number of methoxy groups -OCH3 is 2. The van der Waals surface area contributed by atoms with Gasteiger partial charge in [0.1, 0.15) is 18.1 Å². The normalized spacial score (nSPS) is 10.1. The summed E-state index contributed by atoms with van der Waals surface area (Å²) in [5.74, 6) is 1.28. The van der Waals surface area contributed by atoms with E-state index in [1.807, 2.05) is 0 Å². The van der Waals surface area contributed by atoms with Gasteiger partial charge in [0.2, 0.25) is 0 Å². The Morgan fingerprint density at radius 1 is 0.909 bits per heavy atom. The number of benzene rings is 2. The zero-order chi connectivity index (χ0) is 15.8. The molecule has 1 N–H and O–H groups in total. The summed E-state index contributed by atoms with van der Waals surface area (Å²) < 4.78 is 15.4. The molecule has 0 unspecified atom stereocenters. The van der Waals surface area contributed by atoms with Crippen LogP contribution in [0.2, 0.25) is 0 Å². The minimum absolute atomic E-state index is 0.171. The molecule has 0 saturated carbocycles. The molecule has 116 valence electrons. The molecule has 2 rings (SSSR count). The molecule has 0 heterocycles. The van der Waals surface area contributed by atoms with E-state index in [4.69, 9.17) is 14.2 Å². The lowest BCUT2D eigenvalue weighted by Gasteiger charge is -2.08. The van der Waals surface area contributed by atoms with Crippen LogP contribution in [-0.2, 0) is 4.74 Å². The molecule has 1 amide bonds. The van der Waals surface area contributed by atoms with Gasteiger partial charge in [0.05, 0.1) is 13.7 Å². The highest BCUT2D eigenvalue weighted by molar-refractivity contribution is 6.04. The van der Waals surface area contributed by atoms with E-state index in [2.05, 4.69) is 5.32 Å². The molecule has 2 aromatic rings. The van der Waals surface area contributed by atoms with Crippen molar-refractivity contribution in [3.05, 3.63) is 54.1 Å². The zero-order valence-corrected chi connectivity index (χ0v) is 12.7. The number of anilines is 1. The van der Waals surface area contributed by atoms with Gasteiger partial charge in [-0.2, -0.15) is 0 Å². The average molecular weight is 301 g/mol. The van der Waals surface area contributed by atoms with Crippen molar-refractivity contribution in [3.63, 3.8) is 0 Å². The number of carbonyl (C=O) groups excluding carboxylic acids is 1. The number of hydrogen-bond donors (Lipinski definition) is 1. The fourth-order valence-electron chi connectivity index (χ4n) is 1.82. The first-order valence-corrected chi connectivity index (χ1v) is 6.90. The molecule has 0 aliphatic carbocycles. The van der Waals surface area contributed by atoms with Gasteiger partial charge in [-0.15, -0.1) is 0 Å². The molecule has 0 saturated heterocycles. The highest BCUT2D eigenvalue weighted by atomic mass is 16.5. The molecule has 5 nitrogen and oxygen atoms in total. The van der Waals surface area contributed by atoms with Gasteiger partial charge >= 0.3 is 0 Å². The third-order valence-electron chi connectivity index (χ3n) is 3.02. The molecule has 0 aromatic heterocycles. The number of rotatable bonds is 7. The topological polar surface area (TPSA) is 56.8 Å². The number of carbonyl (C=O) groups is 1. The van der Waals surface area contributed by atoms with E-state index in [0.717, 1.165) is 5.75 Å². The summed E-state index contributed by atoms with van der Waals surface area (Å²) in [7, 11) is 3.21. The first-order valence-electron chi connectivity index (χ1n) is 6.90. The Morgan fingerprint density at radius 2 is 1.55 bits per heavy atom. The Balaban J connectivity index is 1.93. The van der Waals surface area contributed by atoms with Crippen LogP contribution in [0.15, 0.2) is 48.5 Å². The summed E-state index contributed by atoms with van der Waals surface area (Å²) in [6.07, 6.45) is 0. The van der Waals surface area contributed by atoms with Crippen LogP contribution in [0.3, 0.4) is 0 Å². The van der Waals surface area contributed by atoms with Crippen LogP contribution in [0.1, 0.15) is 10.4 Å². The van der Waals surface area contributed by atoms with Gasteiger partial charge in [0, 0.05) is 18.4 Å². The maximum atomic E-state index is 12.1. The molecular formula is C17H19NO4. The van der Waals surface area contributed by atoms with E-state index >= 15 is 0 Å². The van der Waals surface area contributed by atoms with Gasteiger partial charge in [-0.25, -0.2) is 0 Å². The molecule has 0 bridgehead atoms. The van der Waals surface area contributed by atoms with Gasteiger partial charge in [0.25, 0.3) is 5.91 Å². The third-order valence-corrected chi connectivity index (χ3v) is 3.02. The minimum Gasteiger partial charge on any atom is -0.497 e. The van der Waals surface area contributed by atoms with Crippen molar-refractivity contribution in [2.45, 2.75) is 0 Å². The summed E-state index contributed by atoms with van der Waals surface area (Å²) in [5.41, 5.74) is 1.28. The van der Waals surface area contributed by atoms with E-state index < -0.39 is 0 Å². The zero-order valence-electron chi connectivity index (χ0n) is 12.7. The van der Waals surface area contributed by atoms with Crippen LogP contribution >= 0.6 is 0 Å². The Hall–Kier alpha value is -2.53. The molecule has 2 aromatic carbocycles. The van der Waals surface area contributed by atoms with Crippen molar-refractivity contribution in [2.24, 2.45) is 0 Å². The fourth-order valence-corrected chi connectivity index (χ4v) is 1.82. The van der Waals surface area contributed by atoms with Crippen molar-refractivity contribution in [1.29, 1.82) is 0 Å². The van der Waals surface area contributed by atoms with E-state index in [9.17, 15) is 4.79 Å². The van der Waals surface area contributed by atoms with Crippen molar-refractivity contribution in [1.82, 2.24) is 0 Å². The van der Waals surface area contributed by atoms with Crippen LogP contribution in [0.5, 0.6) is 11.5 Å². The maximum Gasteiger partial charge on any atom is 0.255 e. The van der Waals surface area contributed by atoms with Crippen LogP contribution in [-0.4, -0.2) is 33.3 Å². The van der Waals surface area contributed by atoms with Gasteiger partial charge < -0.3 is 19.5 Å². The Kier molecular flexibility index (Phi) is 5.80. The SMILES string of the molecule is COCCOc1ccc(NC(=O)c2ccc(OC)cc2)cc1. The van der Waals surface area contributed by atoms with Gasteiger partial charge in [-0.3, -0.25) is 4.79 Å². The number of ether oxygens (including phenoxy) is 3. The maximum absolute atomic E-state index is 12.1. The van der Waals surface area contributed by atoms with Gasteiger partial charge in [-0.05, 0) is 48.5 Å². The number of nitrogens with one attached hydrogen (secondary N) is 1. The van der Waals surface area contributed by atoms with Crippen molar-refractivity contribution in [2.75, 3.05) is 32.8 Å². The fraction of sp³-hybridized carbons (Fsp3) is 0.235. The molecule has 0 atom stereocenters. The smallest absolute Gasteiger partial charge is 0.255 e. The predicted octanol–water partition coefficient (Wildman–Crippen LogP) is 2.97. The van der Waals surface area contributed by atoms with Crippen LogP contribution in [0, 0.1) is 0 Å². The first-order chi connectivity index (χ1) is 10.7. The second kappa shape index (κ2) is 8.05.